The lowest BCUT2D eigenvalue weighted by atomic mass is 10.2. The molecule has 0 radical (unpaired) electrons. The molecule has 0 aliphatic carbocycles. The second-order valence-electron chi connectivity index (χ2n) is 5.33. The highest BCUT2D eigenvalue weighted by molar-refractivity contribution is 6.76. The van der Waals surface area contributed by atoms with E-state index in [0.717, 1.165) is 17.9 Å². The number of nitrogens with two attached hydrogens (primary N) is 1. The molecule has 0 atom stereocenters. The molecule has 17 heavy (non-hydrogen) atoms. The van der Waals surface area contributed by atoms with Crippen molar-refractivity contribution in [1.82, 2.24) is 0 Å². The average Bonchev–Trinajstić information content (AvgIpc) is 2.28. The Morgan fingerprint density at radius 2 is 1.76 bits per heavy atom. The van der Waals surface area contributed by atoms with Crippen LogP contribution in [-0.4, -0.2) is 21.5 Å². The Balaban J connectivity index is 2.18. The van der Waals surface area contributed by atoms with Crippen molar-refractivity contribution in [2.75, 3.05) is 13.4 Å². The lowest BCUT2D eigenvalue weighted by molar-refractivity contribution is 0.0220. The summed E-state index contributed by atoms with van der Waals surface area (Å²) < 4.78 is 10.9. The van der Waals surface area contributed by atoms with Gasteiger partial charge in [-0.1, -0.05) is 31.8 Å². The molecule has 0 aromatic heterocycles. The van der Waals surface area contributed by atoms with E-state index in [4.69, 9.17) is 15.2 Å². The third-order valence-corrected chi connectivity index (χ3v) is 4.17. The maximum atomic E-state index is 5.52. The molecule has 1 aromatic rings. The topological polar surface area (TPSA) is 44.5 Å². The molecule has 2 N–H and O–H groups in total. The average molecular weight is 253 g/mol. The molecule has 0 amide bonds. The fourth-order valence-corrected chi connectivity index (χ4v) is 2.03. The molecule has 0 unspecified atom stereocenters. The van der Waals surface area contributed by atoms with E-state index in [9.17, 15) is 0 Å². The van der Waals surface area contributed by atoms with Crippen LogP contribution in [0.25, 0.3) is 0 Å². The second-order valence-corrected chi connectivity index (χ2v) is 11.0. The van der Waals surface area contributed by atoms with Crippen LogP contribution in [0.1, 0.15) is 5.56 Å². The van der Waals surface area contributed by atoms with Crippen molar-refractivity contribution in [1.29, 1.82) is 0 Å². The minimum Gasteiger partial charge on any atom is -0.468 e. The predicted molar refractivity (Wildman–Crippen MR) is 73.9 cm³/mol. The molecule has 0 spiro atoms. The molecule has 4 heteroatoms. The molecule has 0 bridgehead atoms. The molecule has 0 saturated carbocycles. The summed E-state index contributed by atoms with van der Waals surface area (Å²) in [6, 6.07) is 8.95. The molecule has 0 saturated heterocycles. The van der Waals surface area contributed by atoms with E-state index in [0.29, 0.717) is 13.3 Å². The van der Waals surface area contributed by atoms with Crippen molar-refractivity contribution in [3.05, 3.63) is 29.8 Å². The molecule has 0 fully saturated rings. The third kappa shape index (κ3) is 6.46. The Morgan fingerprint density at radius 1 is 1.12 bits per heavy atom. The summed E-state index contributed by atoms with van der Waals surface area (Å²) in [6.45, 7) is 8.68. The van der Waals surface area contributed by atoms with E-state index < -0.39 is 8.07 Å². The normalized spacial score (nSPS) is 11.5. The van der Waals surface area contributed by atoms with Crippen LogP contribution < -0.4 is 10.5 Å². The highest BCUT2D eigenvalue weighted by Crippen LogP contribution is 2.12. The first-order valence-electron chi connectivity index (χ1n) is 6.01. The second kappa shape index (κ2) is 6.79. The van der Waals surface area contributed by atoms with Gasteiger partial charge in [-0.2, -0.15) is 0 Å². The molecule has 96 valence electrons. The van der Waals surface area contributed by atoms with Crippen molar-refractivity contribution < 1.29 is 9.47 Å². The Kier molecular flexibility index (Phi) is 5.68. The Morgan fingerprint density at radius 3 is 2.29 bits per heavy atom. The van der Waals surface area contributed by atoms with Crippen LogP contribution in [0.2, 0.25) is 25.7 Å². The fourth-order valence-electron chi connectivity index (χ4n) is 1.27. The summed E-state index contributed by atoms with van der Waals surface area (Å²) in [7, 11) is -0.993. The molecule has 1 aromatic carbocycles. The van der Waals surface area contributed by atoms with Crippen LogP contribution in [0.3, 0.4) is 0 Å². The first kappa shape index (κ1) is 14.2. The molecule has 1 rings (SSSR count). The molecule has 3 nitrogen and oxygen atoms in total. The monoisotopic (exact) mass is 253 g/mol. The van der Waals surface area contributed by atoms with Gasteiger partial charge in [-0.3, -0.25) is 0 Å². The van der Waals surface area contributed by atoms with Gasteiger partial charge in [0.25, 0.3) is 0 Å². The smallest absolute Gasteiger partial charge is 0.189 e. The quantitative estimate of drug-likeness (QED) is 0.462. The Bertz CT molecular complexity index is 319. The zero-order valence-electron chi connectivity index (χ0n) is 11.0. The largest absolute Gasteiger partial charge is 0.468 e. The van der Waals surface area contributed by atoms with Crippen LogP contribution in [0.5, 0.6) is 5.75 Å². The zero-order valence-corrected chi connectivity index (χ0v) is 12.0. The van der Waals surface area contributed by atoms with E-state index in [-0.39, 0.29) is 0 Å². The van der Waals surface area contributed by atoms with Gasteiger partial charge in [-0.05, 0) is 23.7 Å². The van der Waals surface area contributed by atoms with Gasteiger partial charge in [0.05, 0.1) is 0 Å². The number of rotatable bonds is 7. The summed E-state index contributed by atoms with van der Waals surface area (Å²) in [5.74, 6) is 0.829. The van der Waals surface area contributed by atoms with Crippen molar-refractivity contribution in [2.24, 2.45) is 5.73 Å². The van der Waals surface area contributed by atoms with Crippen LogP contribution in [0.15, 0.2) is 24.3 Å². The van der Waals surface area contributed by atoms with Gasteiger partial charge in [0.1, 0.15) is 5.75 Å². The van der Waals surface area contributed by atoms with Gasteiger partial charge in [0.15, 0.2) is 6.79 Å². The predicted octanol–water partition coefficient (Wildman–Crippen LogP) is 2.84. The lowest BCUT2D eigenvalue weighted by Gasteiger charge is -2.15. The summed E-state index contributed by atoms with van der Waals surface area (Å²) in [5, 5.41) is 0. The number of hydrogen-bond acceptors (Lipinski definition) is 3. The van der Waals surface area contributed by atoms with Gasteiger partial charge in [-0.25, -0.2) is 0 Å². The molecular weight excluding hydrogens is 230 g/mol. The third-order valence-electron chi connectivity index (χ3n) is 2.46. The summed E-state index contributed by atoms with van der Waals surface area (Å²) >= 11 is 0. The van der Waals surface area contributed by atoms with Crippen molar-refractivity contribution >= 4 is 8.07 Å². The SMILES string of the molecule is C[Si](C)(C)CCOCOc1ccc(CN)cc1. The van der Waals surface area contributed by atoms with Crippen LogP contribution >= 0.6 is 0 Å². The van der Waals surface area contributed by atoms with E-state index in [1.807, 2.05) is 24.3 Å². The fraction of sp³-hybridized carbons (Fsp3) is 0.538. The highest BCUT2D eigenvalue weighted by Gasteiger charge is 2.11. The minimum atomic E-state index is -0.993. The zero-order chi connectivity index (χ0) is 12.7. The number of ether oxygens (including phenoxy) is 2. The van der Waals surface area contributed by atoms with Gasteiger partial charge < -0.3 is 15.2 Å². The number of hydrogen-bond donors (Lipinski definition) is 1. The Hall–Kier alpha value is -0.843. The maximum absolute atomic E-state index is 5.52. The van der Waals surface area contributed by atoms with Gasteiger partial charge in [0, 0.05) is 21.2 Å². The van der Waals surface area contributed by atoms with Crippen LogP contribution in [0, 0.1) is 0 Å². The van der Waals surface area contributed by atoms with Gasteiger partial charge >= 0.3 is 0 Å². The van der Waals surface area contributed by atoms with Crippen LogP contribution in [-0.2, 0) is 11.3 Å². The first-order valence-corrected chi connectivity index (χ1v) is 9.71. The van der Waals surface area contributed by atoms with E-state index in [2.05, 4.69) is 19.6 Å². The summed E-state index contributed by atoms with van der Waals surface area (Å²) in [6.07, 6.45) is 0. The molecular formula is C13H23NO2Si. The van der Waals surface area contributed by atoms with E-state index >= 15 is 0 Å². The van der Waals surface area contributed by atoms with Crippen LogP contribution in [0.4, 0.5) is 0 Å². The number of benzene rings is 1. The van der Waals surface area contributed by atoms with Crippen molar-refractivity contribution in [2.45, 2.75) is 32.2 Å². The van der Waals surface area contributed by atoms with Crippen molar-refractivity contribution in [3.63, 3.8) is 0 Å². The highest BCUT2D eigenvalue weighted by atomic mass is 28.3. The molecule has 0 aliphatic heterocycles. The summed E-state index contributed by atoms with van der Waals surface area (Å²) in [5.41, 5.74) is 6.63. The van der Waals surface area contributed by atoms with E-state index in [1.165, 1.54) is 6.04 Å². The summed E-state index contributed by atoms with van der Waals surface area (Å²) in [4.78, 5) is 0. The van der Waals surface area contributed by atoms with E-state index in [1.54, 1.807) is 0 Å². The van der Waals surface area contributed by atoms with Gasteiger partial charge in [-0.15, -0.1) is 0 Å². The minimum absolute atomic E-state index is 0.326. The standard InChI is InChI=1S/C13H23NO2Si/c1-17(2,3)9-8-15-11-16-13-6-4-12(10-14)5-7-13/h4-7H,8-11,14H2,1-3H3. The lowest BCUT2D eigenvalue weighted by Crippen LogP contribution is -2.22. The maximum Gasteiger partial charge on any atom is 0.189 e. The first-order chi connectivity index (χ1) is 8.01. The van der Waals surface area contributed by atoms with Crippen molar-refractivity contribution in [3.8, 4) is 5.75 Å². The molecule has 0 heterocycles. The van der Waals surface area contributed by atoms with Gasteiger partial charge in [0.2, 0.25) is 0 Å². The molecule has 0 aliphatic rings. The Labute approximate surface area is 105 Å².